The zero-order chi connectivity index (χ0) is 14.7. The van der Waals surface area contributed by atoms with Crippen LogP contribution in [0.1, 0.15) is 15.9 Å². The van der Waals surface area contributed by atoms with Crippen LogP contribution in [0.2, 0.25) is 5.02 Å². The first-order valence-corrected chi connectivity index (χ1v) is 6.71. The molecule has 0 atom stereocenters. The quantitative estimate of drug-likeness (QED) is 0.885. The van der Waals surface area contributed by atoms with Crippen molar-refractivity contribution in [2.75, 3.05) is 11.9 Å². The van der Waals surface area contributed by atoms with E-state index in [-0.39, 0.29) is 5.91 Å². The van der Waals surface area contributed by atoms with E-state index in [1.165, 1.54) is 0 Å². The predicted molar refractivity (Wildman–Crippen MR) is 86.5 cm³/mol. The van der Waals surface area contributed by atoms with Crippen molar-refractivity contribution >= 4 is 40.4 Å². The topological polar surface area (TPSA) is 46.3 Å². The fourth-order valence-corrected chi connectivity index (χ4v) is 2.02. The Balaban J connectivity index is 2.28. The van der Waals surface area contributed by atoms with Crippen LogP contribution < -0.4 is 10.6 Å². The highest BCUT2D eigenvalue weighted by Crippen LogP contribution is 2.18. The number of nitrogens with zero attached hydrogens (tertiary/aromatic N) is 1. The van der Waals surface area contributed by atoms with Crippen LogP contribution in [0.3, 0.4) is 0 Å². The second-order valence-corrected chi connectivity index (χ2v) is 5.16. The van der Waals surface area contributed by atoms with Crippen LogP contribution in [0.25, 0.3) is 0 Å². The Morgan fingerprint density at radius 2 is 1.80 bits per heavy atom. The second kappa shape index (κ2) is 6.03. The first-order chi connectivity index (χ1) is 9.49. The normalized spacial score (nSPS) is 10.1. The van der Waals surface area contributed by atoms with Gasteiger partial charge in [0.25, 0.3) is 5.91 Å². The molecule has 2 rings (SSSR count). The number of benzene rings is 2. The van der Waals surface area contributed by atoms with E-state index in [0.717, 1.165) is 11.3 Å². The van der Waals surface area contributed by atoms with Crippen LogP contribution in [-0.4, -0.2) is 17.9 Å². The molecule has 1 amide bonds. The molecule has 0 fully saturated rings. The summed E-state index contributed by atoms with van der Waals surface area (Å²) in [6.45, 7) is 0. The number of rotatable bonds is 3. The second-order valence-electron chi connectivity index (χ2n) is 4.29. The molecule has 0 radical (unpaired) electrons. The van der Waals surface area contributed by atoms with E-state index >= 15 is 0 Å². The molecule has 0 aliphatic heterocycles. The standard InChI is InChI=1S/C15H13ClN2OS/c1-18(13-4-2-3-11(9-13)14(17)20)15(19)10-5-7-12(16)8-6-10/h2-9H,1H3,(H2,17,20). The molecule has 0 heterocycles. The summed E-state index contributed by atoms with van der Waals surface area (Å²) in [6, 6.07) is 14.0. The molecule has 0 saturated carbocycles. The number of carbonyl (C=O) groups is 1. The SMILES string of the molecule is CN(C(=O)c1ccc(Cl)cc1)c1cccc(C(N)=S)c1. The van der Waals surface area contributed by atoms with Crippen molar-refractivity contribution in [2.24, 2.45) is 5.73 Å². The molecule has 0 spiro atoms. The van der Waals surface area contributed by atoms with Crippen molar-refractivity contribution < 1.29 is 4.79 Å². The van der Waals surface area contributed by atoms with Gasteiger partial charge in [0.2, 0.25) is 0 Å². The van der Waals surface area contributed by atoms with E-state index in [2.05, 4.69) is 0 Å². The van der Waals surface area contributed by atoms with E-state index in [9.17, 15) is 4.79 Å². The van der Waals surface area contributed by atoms with Gasteiger partial charge in [-0.05, 0) is 36.4 Å². The van der Waals surface area contributed by atoms with Crippen molar-refractivity contribution in [3.8, 4) is 0 Å². The molecule has 0 aromatic heterocycles. The van der Waals surface area contributed by atoms with Crippen molar-refractivity contribution in [1.29, 1.82) is 0 Å². The van der Waals surface area contributed by atoms with Gasteiger partial charge in [0.05, 0.1) is 0 Å². The molecule has 0 unspecified atom stereocenters. The van der Waals surface area contributed by atoms with Gasteiger partial charge >= 0.3 is 0 Å². The highest BCUT2D eigenvalue weighted by atomic mass is 35.5. The molecule has 20 heavy (non-hydrogen) atoms. The van der Waals surface area contributed by atoms with Crippen molar-refractivity contribution in [3.05, 3.63) is 64.7 Å². The summed E-state index contributed by atoms with van der Waals surface area (Å²) < 4.78 is 0. The molecule has 0 aliphatic carbocycles. The van der Waals surface area contributed by atoms with Crippen molar-refractivity contribution in [1.82, 2.24) is 0 Å². The minimum atomic E-state index is -0.123. The largest absolute Gasteiger partial charge is 0.389 e. The number of thiocarbonyl (C=S) groups is 1. The Bertz CT molecular complexity index is 655. The molecule has 0 aliphatic rings. The molecule has 3 nitrogen and oxygen atoms in total. The lowest BCUT2D eigenvalue weighted by atomic mass is 10.1. The lowest BCUT2D eigenvalue weighted by Crippen LogP contribution is -2.26. The van der Waals surface area contributed by atoms with Crippen LogP contribution >= 0.6 is 23.8 Å². The monoisotopic (exact) mass is 304 g/mol. The molecular formula is C15H13ClN2OS. The fraction of sp³-hybridized carbons (Fsp3) is 0.0667. The average molecular weight is 305 g/mol. The lowest BCUT2D eigenvalue weighted by molar-refractivity contribution is 0.0993. The Kier molecular flexibility index (Phi) is 4.37. The molecule has 102 valence electrons. The van der Waals surface area contributed by atoms with Crippen LogP contribution in [0, 0.1) is 0 Å². The lowest BCUT2D eigenvalue weighted by Gasteiger charge is -2.18. The molecule has 0 bridgehead atoms. The highest BCUT2D eigenvalue weighted by molar-refractivity contribution is 7.80. The van der Waals surface area contributed by atoms with Gasteiger partial charge in [0.1, 0.15) is 4.99 Å². The van der Waals surface area contributed by atoms with Crippen molar-refractivity contribution in [2.45, 2.75) is 0 Å². The number of halogens is 1. The van der Waals surface area contributed by atoms with Crippen LogP contribution in [0.15, 0.2) is 48.5 Å². The maximum absolute atomic E-state index is 12.4. The number of hydrogen-bond donors (Lipinski definition) is 1. The Morgan fingerprint density at radius 1 is 1.15 bits per heavy atom. The fourth-order valence-electron chi connectivity index (χ4n) is 1.77. The van der Waals surface area contributed by atoms with Gasteiger partial charge in [-0.2, -0.15) is 0 Å². The van der Waals surface area contributed by atoms with E-state index in [1.807, 2.05) is 18.2 Å². The van der Waals surface area contributed by atoms with Crippen LogP contribution in [-0.2, 0) is 0 Å². The summed E-state index contributed by atoms with van der Waals surface area (Å²) in [7, 11) is 1.70. The predicted octanol–water partition coefficient (Wildman–Crippen LogP) is 3.25. The molecule has 5 heteroatoms. The van der Waals surface area contributed by atoms with Crippen LogP contribution in [0.5, 0.6) is 0 Å². The number of anilines is 1. The van der Waals surface area contributed by atoms with Gasteiger partial charge in [-0.1, -0.05) is 36.0 Å². The number of hydrogen-bond acceptors (Lipinski definition) is 2. The summed E-state index contributed by atoms with van der Waals surface area (Å²) >= 11 is 10.8. The Hall–Kier alpha value is -1.91. The average Bonchev–Trinajstić information content (AvgIpc) is 2.46. The Labute approximate surface area is 128 Å². The van der Waals surface area contributed by atoms with Gasteiger partial charge in [-0.25, -0.2) is 0 Å². The molecule has 0 saturated heterocycles. The molecular weight excluding hydrogens is 292 g/mol. The maximum atomic E-state index is 12.4. The maximum Gasteiger partial charge on any atom is 0.258 e. The third-order valence-corrected chi connectivity index (χ3v) is 3.40. The van der Waals surface area contributed by atoms with Gasteiger partial charge < -0.3 is 10.6 Å². The molecule has 2 N–H and O–H groups in total. The zero-order valence-electron chi connectivity index (χ0n) is 10.8. The van der Waals surface area contributed by atoms with Gasteiger partial charge in [0, 0.05) is 28.9 Å². The smallest absolute Gasteiger partial charge is 0.258 e. The first kappa shape index (κ1) is 14.5. The first-order valence-electron chi connectivity index (χ1n) is 5.92. The van der Waals surface area contributed by atoms with E-state index in [1.54, 1.807) is 42.3 Å². The number of nitrogens with two attached hydrogens (primary N) is 1. The minimum Gasteiger partial charge on any atom is -0.389 e. The Morgan fingerprint density at radius 3 is 2.40 bits per heavy atom. The van der Waals surface area contributed by atoms with Gasteiger partial charge in [-0.3, -0.25) is 4.79 Å². The highest BCUT2D eigenvalue weighted by Gasteiger charge is 2.13. The summed E-state index contributed by atoms with van der Waals surface area (Å²) in [6.07, 6.45) is 0. The van der Waals surface area contributed by atoms with Crippen molar-refractivity contribution in [3.63, 3.8) is 0 Å². The van der Waals surface area contributed by atoms with Gasteiger partial charge in [-0.15, -0.1) is 0 Å². The minimum absolute atomic E-state index is 0.123. The summed E-state index contributed by atoms with van der Waals surface area (Å²) in [5.74, 6) is -0.123. The van der Waals surface area contributed by atoms with Gasteiger partial charge in [0.15, 0.2) is 0 Å². The summed E-state index contributed by atoms with van der Waals surface area (Å²) in [5.41, 5.74) is 7.63. The zero-order valence-corrected chi connectivity index (χ0v) is 12.4. The van der Waals surface area contributed by atoms with E-state index in [4.69, 9.17) is 29.6 Å². The molecule has 2 aromatic carbocycles. The van der Waals surface area contributed by atoms with E-state index in [0.29, 0.717) is 15.6 Å². The third kappa shape index (κ3) is 3.15. The molecule has 2 aromatic rings. The van der Waals surface area contributed by atoms with E-state index < -0.39 is 0 Å². The summed E-state index contributed by atoms with van der Waals surface area (Å²) in [5, 5.41) is 0.597. The number of amides is 1. The number of carbonyl (C=O) groups excluding carboxylic acids is 1. The van der Waals surface area contributed by atoms with Crippen LogP contribution in [0.4, 0.5) is 5.69 Å². The summed E-state index contributed by atoms with van der Waals surface area (Å²) in [4.78, 5) is 14.2. The third-order valence-electron chi connectivity index (χ3n) is 2.91.